The number of likely N-dealkylation sites (N-methyl/N-ethyl adjacent to an activating group) is 1. The zero-order chi connectivity index (χ0) is 21.4. The lowest BCUT2D eigenvalue weighted by Crippen LogP contribution is -2.41. The Morgan fingerprint density at radius 3 is 2.62 bits per heavy atom. The SMILES string of the molecule is CCCCC(=O)N(CCN(C)C)C(C)c1nc2ccccc2c(=O)n1CCOC. The maximum atomic E-state index is 13.1. The number of ether oxygens (including phenoxy) is 1. The molecule has 0 fully saturated rings. The summed E-state index contributed by atoms with van der Waals surface area (Å²) in [5, 5.41) is 0.580. The predicted molar refractivity (Wildman–Crippen MR) is 116 cm³/mol. The molecule has 0 bridgehead atoms. The molecule has 0 aliphatic carbocycles. The smallest absolute Gasteiger partial charge is 0.261 e. The van der Waals surface area contributed by atoms with Crippen LogP contribution < -0.4 is 5.56 Å². The van der Waals surface area contributed by atoms with Gasteiger partial charge in [0.1, 0.15) is 5.82 Å². The van der Waals surface area contributed by atoms with Gasteiger partial charge in [-0.1, -0.05) is 25.5 Å². The third kappa shape index (κ3) is 5.87. The van der Waals surface area contributed by atoms with Crippen LogP contribution in [0.3, 0.4) is 0 Å². The van der Waals surface area contributed by atoms with Gasteiger partial charge in [-0.3, -0.25) is 14.2 Å². The van der Waals surface area contributed by atoms with Gasteiger partial charge in [0.15, 0.2) is 0 Å². The summed E-state index contributed by atoms with van der Waals surface area (Å²) in [6.07, 6.45) is 2.32. The summed E-state index contributed by atoms with van der Waals surface area (Å²) in [7, 11) is 5.59. The summed E-state index contributed by atoms with van der Waals surface area (Å²) in [5.41, 5.74) is 0.560. The molecule has 1 heterocycles. The highest BCUT2D eigenvalue weighted by Gasteiger charge is 2.25. The maximum Gasteiger partial charge on any atom is 0.261 e. The highest BCUT2D eigenvalue weighted by molar-refractivity contribution is 5.78. The molecule has 1 aromatic carbocycles. The van der Waals surface area contributed by atoms with E-state index in [2.05, 4.69) is 11.8 Å². The van der Waals surface area contributed by atoms with Gasteiger partial charge in [0.25, 0.3) is 5.56 Å². The van der Waals surface area contributed by atoms with Gasteiger partial charge >= 0.3 is 0 Å². The number of hydrogen-bond acceptors (Lipinski definition) is 5. The number of fused-ring (bicyclic) bond motifs is 1. The van der Waals surface area contributed by atoms with Crippen LogP contribution in [-0.4, -0.2) is 66.2 Å². The van der Waals surface area contributed by atoms with Crippen LogP contribution in [0.15, 0.2) is 29.1 Å². The van der Waals surface area contributed by atoms with Crippen molar-refractivity contribution in [2.75, 3.05) is 40.9 Å². The third-order valence-corrected chi connectivity index (χ3v) is 5.10. The second-order valence-corrected chi connectivity index (χ2v) is 7.61. The number of hydrogen-bond donors (Lipinski definition) is 0. The van der Waals surface area contributed by atoms with Crippen LogP contribution in [-0.2, 0) is 16.1 Å². The van der Waals surface area contributed by atoms with E-state index in [1.807, 2.05) is 44.1 Å². The van der Waals surface area contributed by atoms with Gasteiger partial charge in [0.05, 0.1) is 30.1 Å². The van der Waals surface area contributed by atoms with Crippen LogP contribution in [0.1, 0.15) is 45.0 Å². The molecule has 7 heteroatoms. The van der Waals surface area contributed by atoms with Gasteiger partial charge in [-0.25, -0.2) is 4.98 Å². The molecule has 2 aromatic rings. The summed E-state index contributed by atoms with van der Waals surface area (Å²) in [5.74, 6) is 0.705. The molecule has 160 valence electrons. The fourth-order valence-corrected chi connectivity index (χ4v) is 3.36. The Kier molecular flexibility index (Phi) is 8.79. The quantitative estimate of drug-likeness (QED) is 0.578. The number of rotatable bonds is 11. The minimum Gasteiger partial charge on any atom is -0.383 e. The number of unbranched alkanes of at least 4 members (excludes halogenated alkanes) is 1. The van der Waals surface area contributed by atoms with Crippen molar-refractivity contribution in [3.8, 4) is 0 Å². The van der Waals surface area contributed by atoms with Gasteiger partial charge in [-0.15, -0.1) is 0 Å². The molecule has 29 heavy (non-hydrogen) atoms. The van der Waals surface area contributed by atoms with E-state index in [9.17, 15) is 9.59 Å². The molecular formula is C22H34N4O3. The Morgan fingerprint density at radius 2 is 1.97 bits per heavy atom. The fraction of sp³-hybridized carbons (Fsp3) is 0.591. The van der Waals surface area contributed by atoms with Crippen LogP contribution in [0.5, 0.6) is 0 Å². The second-order valence-electron chi connectivity index (χ2n) is 7.61. The molecule has 7 nitrogen and oxygen atoms in total. The zero-order valence-electron chi connectivity index (χ0n) is 18.4. The van der Waals surface area contributed by atoms with Gasteiger partial charge in [-0.05, 0) is 39.6 Å². The van der Waals surface area contributed by atoms with E-state index in [4.69, 9.17) is 9.72 Å². The summed E-state index contributed by atoms with van der Waals surface area (Å²) in [6, 6.07) is 7.04. The Balaban J connectivity index is 2.50. The highest BCUT2D eigenvalue weighted by atomic mass is 16.5. The molecule has 0 radical (unpaired) electrons. The van der Waals surface area contributed by atoms with Gasteiger partial charge < -0.3 is 14.5 Å². The first-order valence-electron chi connectivity index (χ1n) is 10.3. The Morgan fingerprint density at radius 1 is 1.24 bits per heavy atom. The van der Waals surface area contributed by atoms with Crippen LogP contribution in [0.4, 0.5) is 0 Å². The van der Waals surface area contributed by atoms with Crippen LogP contribution in [0.25, 0.3) is 10.9 Å². The normalized spacial score (nSPS) is 12.5. The topological polar surface area (TPSA) is 67.7 Å². The first-order chi connectivity index (χ1) is 13.9. The largest absolute Gasteiger partial charge is 0.383 e. The monoisotopic (exact) mass is 402 g/mol. The number of para-hydroxylation sites is 1. The van der Waals surface area contributed by atoms with Crippen molar-refractivity contribution in [3.63, 3.8) is 0 Å². The van der Waals surface area contributed by atoms with E-state index in [0.717, 1.165) is 19.4 Å². The van der Waals surface area contributed by atoms with Gasteiger partial charge in [0, 0.05) is 26.6 Å². The van der Waals surface area contributed by atoms with E-state index in [1.54, 1.807) is 17.7 Å². The number of carbonyl (C=O) groups is 1. The molecule has 0 aliphatic rings. The van der Waals surface area contributed by atoms with E-state index in [-0.39, 0.29) is 17.5 Å². The van der Waals surface area contributed by atoms with Gasteiger partial charge in [-0.2, -0.15) is 0 Å². The minimum absolute atomic E-state index is 0.0944. The molecule has 0 N–H and O–H groups in total. The lowest BCUT2D eigenvalue weighted by Gasteiger charge is -2.31. The number of nitrogens with zero attached hydrogens (tertiary/aromatic N) is 4. The Labute approximate surface area is 173 Å². The summed E-state index contributed by atoms with van der Waals surface area (Å²) >= 11 is 0. The van der Waals surface area contributed by atoms with E-state index >= 15 is 0 Å². The lowest BCUT2D eigenvalue weighted by atomic mass is 10.1. The molecular weight excluding hydrogens is 368 g/mol. The second kappa shape index (κ2) is 11.1. The molecule has 0 aliphatic heterocycles. The van der Waals surface area contributed by atoms with Crippen LogP contribution in [0.2, 0.25) is 0 Å². The standard InChI is InChI=1S/C22H34N4O3/c1-6-7-12-20(27)25(14-13-24(3)4)17(2)21-23-19-11-9-8-10-18(19)22(28)26(21)15-16-29-5/h8-11,17H,6-7,12-16H2,1-5H3. The lowest BCUT2D eigenvalue weighted by molar-refractivity contribution is -0.133. The van der Waals surface area contributed by atoms with E-state index < -0.39 is 0 Å². The van der Waals surface area contributed by atoms with Crippen molar-refractivity contribution in [1.29, 1.82) is 0 Å². The van der Waals surface area contributed by atoms with Crippen molar-refractivity contribution in [3.05, 3.63) is 40.4 Å². The average molecular weight is 403 g/mol. The van der Waals surface area contributed by atoms with Crippen molar-refractivity contribution >= 4 is 16.8 Å². The fourth-order valence-electron chi connectivity index (χ4n) is 3.36. The average Bonchev–Trinajstić information content (AvgIpc) is 2.71. The summed E-state index contributed by atoms with van der Waals surface area (Å²) in [4.78, 5) is 34.8. The number of methoxy groups -OCH3 is 1. The number of carbonyl (C=O) groups excluding carboxylic acids is 1. The molecule has 1 unspecified atom stereocenters. The molecule has 1 atom stereocenters. The predicted octanol–water partition coefficient (Wildman–Crippen LogP) is 2.68. The molecule has 2 rings (SSSR count). The number of benzene rings is 1. The maximum absolute atomic E-state index is 13.1. The molecule has 1 aromatic heterocycles. The molecule has 1 amide bonds. The Bertz CT molecular complexity index is 863. The molecule has 0 saturated heterocycles. The Hall–Kier alpha value is -2.25. The summed E-state index contributed by atoms with van der Waals surface area (Å²) < 4.78 is 6.87. The molecule has 0 saturated carbocycles. The third-order valence-electron chi connectivity index (χ3n) is 5.10. The summed E-state index contributed by atoms with van der Waals surface area (Å²) in [6.45, 7) is 6.17. The first kappa shape index (κ1) is 23.0. The van der Waals surface area contributed by atoms with Crippen LogP contribution in [0, 0.1) is 0 Å². The number of aromatic nitrogens is 2. The zero-order valence-corrected chi connectivity index (χ0v) is 18.4. The van der Waals surface area contributed by atoms with Crippen LogP contribution >= 0.6 is 0 Å². The minimum atomic E-state index is -0.312. The molecule has 0 spiro atoms. The van der Waals surface area contributed by atoms with E-state index in [1.165, 1.54) is 0 Å². The van der Waals surface area contributed by atoms with Crippen molar-refractivity contribution in [2.24, 2.45) is 0 Å². The first-order valence-corrected chi connectivity index (χ1v) is 10.3. The highest BCUT2D eigenvalue weighted by Crippen LogP contribution is 2.21. The van der Waals surface area contributed by atoms with E-state index in [0.29, 0.717) is 42.8 Å². The van der Waals surface area contributed by atoms with Crippen molar-refractivity contribution in [1.82, 2.24) is 19.4 Å². The van der Waals surface area contributed by atoms with Gasteiger partial charge in [0.2, 0.25) is 5.91 Å². The van der Waals surface area contributed by atoms with Crippen molar-refractivity contribution in [2.45, 2.75) is 45.7 Å². The number of amides is 1. The van der Waals surface area contributed by atoms with Crippen molar-refractivity contribution < 1.29 is 9.53 Å².